The van der Waals surface area contributed by atoms with Gasteiger partial charge in [-0.05, 0) is 39.9 Å². The summed E-state index contributed by atoms with van der Waals surface area (Å²) >= 11 is 0. The first-order chi connectivity index (χ1) is 8.59. The Hall–Kier alpha value is -1.13. The summed E-state index contributed by atoms with van der Waals surface area (Å²) in [6.45, 7) is 10.6. The lowest BCUT2D eigenvalue weighted by atomic mass is 9.80. The molecule has 4 heteroatoms. The van der Waals surface area contributed by atoms with Crippen LogP contribution in [0, 0.1) is 0 Å². The molecule has 100 valence electrons. The van der Waals surface area contributed by atoms with Gasteiger partial charge in [0.15, 0.2) is 0 Å². The minimum atomic E-state index is -0.154. The maximum Gasteiger partial charge on any atom is 0.141 e. The van der Waals surface area contributed by atoms with Gasteiger partial charge in [0.05, 0.1) is 0 Å². The van der Waals surface area contributed by atoms with Crippen molar-refractivity contribution in [3.63, 3.8) is 0 Å². The predicted molar refractivity (Wildman–Crippen MR) is 74.6 cm³/mol. The molecule has 0 bridgehead atoms. The summed E-state index contributed by atoms with van der Waals surface area (Å²) in [5.74, 6) is 0.931. The summed E-state index contributed by atoms with van der Waals surface area (Å²) in [6.07, 6.45) is 3.75. The van der Waals surface area contributed by atoms with Gasteiger partial charge in [-0.25, -0.2) is 4.99 Å². The van der Waals surface area contributed by atoms with E-state index in [1.807, 2.05) is 0 Å². The third-order valence-corrected chi connectivity index (χ3v) is 3.79. The second-order valence-corrected chi connectivity index (χ2v) is 5.30. The molecule has 1 spiro atoms. The number of ether oxygens (including phenoxy) is 1. The zero-order valence-electron chi connectivity index (χ0n) is 11.6. The number of nitrogens with zero attached hydrogens (tertiary/aromatic N) is 2. The third kappa shape index (κ3) is 2.35. The third-order valence-electron chi connectivity index (χ3n) is 3.79. The van der Waals surface area contributed by atoms with Crippen LogP contribution in [0.4, 0.5) is 0 Å². The average molecular weight is 249 g/mol. The quantitative estimate of drug-likeness (QED) is 0.771. The average Bonchev–Trinajstić information content (AvgIpc) is 2.33. The number of hydrogen-bond donors (Lipinski definition) is 1. The second kappa shape index (κ2) is 5.24. The van der Waals surface area contributed by atoms with E-state index in [1.54, 1.807) is 6.20 Å². The number of likely N-dealkylation sites (tertiary alicyclic amines) is 1. The maximum atomic E-state index is 6.06. The topological polar surface area (TPSA) is 36.9 Å². The van der Waals surface area contributed by atoms with Crippen LogP contribution in [0.1, 0.15) is 26.7 Å². The van der Waals surface area contributed by atoms with Crippen molar-refractivity contribution in [1.29, 1.82) is 0 Å². The van der Waals surface area contributed by atoms with Gasteiger partial charge in [-0.1, -0.05) is 12.2 Å². The minimum Gasteiger partial charge on any atom is -0.348 e. The van der Waals surface area contributed by atoms with Gasteiger partial charge in [-0.15, -0.1) is 0 Å². The number of amidine groups is 1. The van der Waals surface area contributed by atoms with Crippen LogP contribution in [0.5, 0.6) is 0 Å². The Balaban J connectivity index is 2.34. The van der Waals surface area contributed by atoms with Gasteiger partial charge >= 0.3 is 0 Å². The van der Waals surface area contributed by atoms with E-state index in [-0.39, 0.29) is 5.60 Å². The van der Waals surface area contributed by atoms with Crippen LogP contribution in [-0.4, -0.2) is 43.2 Å². The Labute approximate surface area is 109 Å². The highest BCUT2D eigenvalue weighted by atomic mass is 16.5. The molecule has 2 aliphatic rings. The first-order valence-corrected chi connectivity index (χ1v) is 6.52. The molecule has 2 aliphatic heterocycles. The summed E-state index contributed by atoms with van der Waals surface area (Å²) in [5.41, 5.74) is 2.34. The fourth-order valence-electron chi connectivity index (χ4n) is 2.87. The van der Waals surface area contributed by atoms with Gasteiger partial charge in [0.25, 0.3) is 0 Å². The van der Waals surface area contributed by atoms with Crippen LogP contribution in [-0.2, 0) is 4.74 Å². The lowest BCUT2D eigenvalue weighted by molar-refractivity contribution is -0.0533. The number of nitrogens with one attached hydrogen (secondary N) is 1. The summed E-state index contributed by atoms with van der Waals surface area (Å²) < 4.78 is 6.06. The van der Waals surface area contributed by atoms with Crippen LogP contribution in [0.2, 0.25) is 0 Å². The van der Waals surface area contributed by atoms with E-state index in [2.05, 4.69) is 42.7 Å². The number of piperidine rings is 1. The Morgan fingerprint density at radius 2 is 2.11 bits per heavy atom. The highest BCUT2D eigenvalue weighted by Gasteiger charge is 2.42. The van der Waals surface area contributed by atoms with E-state index in [1.165, 1.54) is 11.1 Å². The molecule has 2 heterocycles. The molecule has 0 radical (unpaired) electrons. The van der Waals surface area contributed by atoms with E-state index >= 15 is 0 Å². The van der Waals surface area contributed by atoms with E-state index in [0.29, 0.717) is 6.73 Å². The summed E-state index contributed by atoms with van der Waals surface area (Å²) in [5, 5.41) is 3.16. The van der Waals surface area contributed by atoms with Gasteiger partial charge in [0.2, 0.25) is 0 Å². The molecule has 0 aromatic rings. The van der Waals surface area contributed by atoms with Gasteiger partial charge in [0, 0.05) is 18.7 Å². The molecule has 0 saturated carbocycles. The van der Waals surface area contributed by atoms with Crippen molar-refractivity contribution >= 4 is 5.84 Å². The van der Waals surface area contributed by atoms with Crippen LogP contribution in [0.25, 0.3) is 0 Å². The number of allylic oxidation sites excluding steroid dienone is 1. The summed E-state index contributed by atoms with van der Waals surface area (Å²) in [6, 6.07) is 0. The van der Waals surface area contributed by atoms with Gasteiger partial charge in [-0.2, -0.15) is 0 Å². The fourth-order valence-corrected chi connectivity index (χ4v) is 2.87. The largest absolute Gasteiger partial charge is 0.348 e. The number of hydrogen-bond acceptors (Lipinski definition) is 4. The van der Waals surface area contributed by atoms with Gasteiger partial charge in [-0.3, -0.25) is 0 Å². The van der Waals surface area contributed by atoms with Crippen LogP contribution < -0.4 is 5.32 Å². The highest BCUT2D eigenvalue weighted by molar-refractivity contribution is 6.01. The highest BCUT2D eigenvalue weighted by Crippen LogP contribution is 2.37. The second-order valence-electron chi connectivity index (χ2n) is 5.30. The van der Waals surface area contributed by atoms with E-state index in [9.17, 15) is 0 Å². The normalized spacial score (nSPS) is 23.7. The van der Waals surface area contributed by atoms with Crippen LogP contribution in [0.15, 0.2) is 28.9 Å². The van der Waals surface area contributed by atoms with Crippen molar-refractivity contribution in [2.75, 3.05) is 26.9 Å². The van der Waals surface area contributed by atoms with Crippen molar-refractivity contribution in [3.05, 3.63) is 23.9 Å². The zero-order valence-corrected chi connectivity index (χ0v) is 11.6. The molecule has 1 fully saturated rings. The van der Waals surface area contributed by atoms with Crippen molar-refractivity contribution < 1.29 is 4.74 Å². The Morgan fingerprint density at radius 3 is 2.67 bits per heavy atom. The monoisotopic (exact) mass is 249 g/mol. The summed E-state index contributed by atoms with van der Waals surface area (Å²) in [7, 11) is 2.16. The molecule has 0 aliphatic carbocycles. The number of rotatable bonds is 1. The molecule has 1 saturated heterocycles. The van der Waals surface area contributed by atoms with E-state index < -0.39 is 0 Å². The molecule has 0 atom stereocenters. The van der Waals surface area contributed by atoms with Crippen LogP contribution in [0.3, 0.4) is 0 Å². The molecule has 0 amide bonds. The molecule has 2 rings (SSSR count). The Kier molecular flexibility index (Phi) is 3.88. The molecule has 0 aromatic heterocycles. The van der Waals surface area contributed by atoms with Crippen LogP contribution >= 0.6 is 0 Å². The first kappa shape index (κ1) is 13.3. The van der Waals surface area contributed by atoms with Gasteiger partial charge < -0.3 is 15.0 Å². The van der Waals surface area contributed by atoms with Crippen molar-refractivity contribution in [2.24, 2.45) is 4.99 Å². The molecular formula is C14H23N3O. The number of aliphatic imine (C=N–C) groups is 1. The molecule has 1 N–H and O–H groups in total. The van der Waals surface area contributed by atoms with E-state index in [0.717, 1.165) is 31.8 Å². The molecule has 18 heavy (non-hydrogen) atoms. The lowest BCUT2D eigenvalue weighted by Crippen LogP contribution is -2.51. The standard InChI is InChI=1S/C14H23N3O/c1-5-15-13-12(11(2)3)14(18-10-16-13)6-8-17(4)9-7-14/h5H,1,6-10H2,2-4H3,(H,15,16). The molecule has 4 nitrogen and oxygen atoms in total. The zero-order chi connectivity index (χ0) is 13.2. The lowest BCUT2D eigenvalue weighted by Gasteiger charge is -2.44. The Bertz CT molecular complexity index is 386. The fraction of sp³-hybridized carbons (Fsp3) is 0.643. The SMILES string of the molecule is C=CNC1=NCOC2(CCN(C)CC2)C1=C(C)C. The van der Waals surface area contributed by atoms with Gasteiger partial charge in [0.1, 0.15) is 18.2 Å². The minimum absolute atomic E-state index is 0.154. The maximum absolute atomic E-state index is 6.06. The smallest absolute Gasteiger partial charge is 0.141 e. The van der Waals surface area contributed by atoms with Crippen molar-refractivity contribution in [3.8, 4) is 0 Å². The molecule has 0 aromatic carbocycles. The van der Waals surface area contributed by atoms with Crippen molar-refractivity contribution in [1.82, 2.24) is 10.2 Å². The molecular weight excluding hydrogens is 226 g/mol. The van der Waals surface area contributed by atoms with Crippen molar-refractivity contribution in [2.45, 2.75) is 32.3 Å². The molecule has 0 unspecified atom stereocenters. The first-order valence-electron chi connectivity index (χ1n) is 6.52. The predicted octanol–water partition coefficient (Wildman–Crippen LogP) is 1.91. The summed E-state index contributed by atoms with van der Waals surface area (Å²) in [4.78, 5) is 6.78. The Morgan fingerprint density at radius 1 is 1.44 bits per heavy atom. The van der Waals surface area contributed by atoms with E-state index in [4.69, 9.17) is 4.74 Å².